The Bertz CT molecular complexity index is 236. The topological polar surface area (TPSA) is 26.0 Å². The zero-order valence-electron chi connectivity index (χ0n) is 7.71. The Kier molecular flexibility index (Phi) is 3.74. The maximum absolute atomic E-state index is 5.56. The summed E-state index contributed by atoms with van der Waals surface area (Å²) in [7, 11) is 6.39. The van der Waals surface area contributed by atoms with Crippen molar-refractivity contribution in [3.8, 4) is 0 Å². The molecule has 0 atom stereocenters. The largest absolute Gasteiger partial charge is 1.00 e. The number of anilines is 1. The average Bonchev–Trinajstić information content (AvgIpc) is 1.86. The lowest BCUT2D eigenvalue weighted by atomic mass is 10.2. The highest BCUT2D eigenvalue weighted by Gasteiger charge is 2.09. The molecule has 3 heteroatoms. The summed E-state index contributed by atoms with van der Waals surface area (Å²) in [5.74, 6) is 0. The van der Waals surface area contributed by atoms with Gasteiger partial charge in [0.05, 0.1) is 21.1 Å². The molecule has 0 aliphatic heterocycles. The van der Waals surface area contributed by atoms with Crippen molar-refractivity contribution in [3.05, 3.63) is 24.3 Å². The van der Waals surface area contributed by atoms with Gasteiger partial charge in [0.25, 0.3) is 0 Å². The number of quaternary nitrogens is 1. The van der Waals surface area contributed by atoms with Crippen molar-refractivity contribution < 1.29 is 17.0 Å². The molecule has 1 aromatic carbocycles. The van der Waals surface area contributed by atoms with Crippen LogP contribution in [0.4, 0.5) is 11.4 Å². The van der Waals surface area contributed by atoms with Gasteiger partial charge >= 0.3 is 0 Å². The molecule has 0 spiro atoms. The van der Waals surface area contributed by atoms with E-state index in [1.54, 1.807) is 0 Å². The molecule has 1 aromatic rings. The molecule has 0 fully saturated rings. The minimum Gasteiger partial charge on any atom is -1.00 e. The predicted octanol–water partition coefficient (Wildman–Crippen LogP) is -1.53. The Morgan fingerprint density at radius 1 is 1.00 bits per heavy atom. The van der Waals surface area contributed by atoms with E-state index >= 15 is 0 Å². The summed E-state index contributed by atoms with van der Waals surface area (Å²) in [6, 6.07) is 7.96. The van der Waals surface area contributed by atoms with Crippen molar-refractivity contribution in [1.29, 1.82) is 0 Å². The van der Waals surface area contributed by atoms with Crippen LogP contribution in [-0.4, -0.2) is 21.1 Å². The zero-order chi connectivity index (χ0) is 8.48. The van der Waals surface area contributed by atoms with Gasteiger partial charge in [-0.25, -0.2) is 0 Å². The Balaban J connectivity index is 0.00000121. The summed E-state index contributed by atoms with van der Waals surface area (Å²) >= 11 is 0. The van der Waals surface area contributed by atoms with E-state index in [1.807, 2.05) is 12.1 Å². The summed E-state index contributed by atoms with van der Waals surface area (Å²) < 4.78 is 0.834. The molecule has 0 aliphatic rings. The van der Waals surface area contributed by atoms with E-state index in [1.165, 1.54) is 5.69 Å². The number of rotatable bonds is 1. The van der Waals surface area contributed by atoms with E-state index in [4.69, 9.17) is 5.73 Å². The monoisotopic (exact) mass is 230 g/mol. The molecule has 68 valence electrons. The van der Waals surface area contributed by atoms with Crippen LogP contribution in [0.1, 0.15) is 0 Å². The molecular formula is C9H15BrN2. The second kappa shape index (κ2) is 3.92. The third kappa shape index (κ3) is 2.83. The van der Waals surface area contributed by atoms with E-state index in [9.17, 15) is 0 Å². The van der Waals surface area contributed by atoms with Crippen LogP contribution in [0.25, 0.3) is 0 Å². The molecule has 0 aliphatic carbocycles. The Morgan fingerprint density at radius 3 is 1.75 bits per heavy atom. The third-order valence-corrected chi connectivity index (χ3v) is 1.67. The lowest BCUT2D eigenvalue weighted by Crippen LogP contribution is -3.00. The molecule has 0 radical (unpaired) electrons. The van der Waals surface area contributed by atoms with Crippen LogP contribution in [0.15, 0.2) is 24.3 Å². The fourth-order valence-corrected chi connectivity index (χ4v) is 0.922. The number of halogens is 1. The minimum atomic E-state index is 0. The van der Waals surface area contributed by atoms with Crippen molar-refractivity contribution in [1.82, 2.24) is 4.48 Å². The second-order valence-corrected chi connectivity index (χ2v) is 3.60. The highest BCUT2D eigenvalue weighted by molar-refractivity contribution is 5.49. The molecule has 0 aromatic heterocycles. The van der Waals surface area contributed by atoms with Crippen molar-refractivity contribution in [2.24, 2.45) is 0 Å². The second-order valence-electron chi connectivity index (χ2n) is 3.60. The summed E-state index contributed by atoms with van der Waals surface area (Å²) in [6.07, 6.45) is 0. The fraction of sp³-hybridized carbons (Fsp3) is 0.333. The first-order chi connectivity index (χ1) is 5.00. The smallest absolute Gasteiger partial charge is 0.132 e. The molecule has 2 N–H and O–H groups in total. The number of nitrogens with zero attached hydrogens (tertiary/aromatic N) is 1. The molecule has 1 rings (SSSR count). The third-order valence-electron chi connectivity index (χ3n) is 1.67. The molecule has 0 amide bonds. The van der Waals surface area contributed by atoms with E-state index in [0.29, 0.717) is 0 Å². The van der Waals surface area contributed by atoms with Crippen LogP contribution in [0.5, 0.6) is 0 Å². The van der Waals surface area contributed by atoms with Gasteiger partial charge in [-0.1, -0.05) is 0 Å². The first-order valence-corrected chi connectivity index (χ1v) is 3.68. The molecule has 0 heterocycles. The maximum Gasteiger partial charge on any atom is 0.132 e. The quantitative estimate of drug-likeness (QED) is 0.460. The van der Waals surface area contributed by atoms with Crippen LogP contribution in [0.3, 0.4) is 0 Å². The molecule has 0 saturated heterocycles. The lowest BCUT2D eigenvalue weighted by Gasteiger charge is -2.23. The van der Waals surface area contributed by atoms with Crippen LogP contribution in [0, 0.1) is 0 Å². The summed E-state index contributed by atoms with van der Waals surface area (Å²) in [5.41, 5.74) is 7.65. The van der Waals surface area contributed by atoms with Gasteiger partial charge in [0.15, 0.2) is 0 Å². The van der Waals surface area contributed by atoms with Crippen molar-refractivity contribution in [2.45, 2.75) is 0 Å². The maximum atomic E-state index is 5.56. The lowest BCUT2D eigenvalue weighted by molar-refractivity contribution is -0.00000260. The first-order valence-electron chi connectivity index (χ1n) is 3.68. The highest BCUT2D eigenvalue weighted by Crippen LogP contribution is 2.17. The number of hydrogen-bond acceptors (Lipinski definition) is 1. The van der Waals surface area contributed by atoms with E-state index in [-0.39, 0.29) is 17.0 Å². The molecule has 12 heavy (non-hydrogen) atoms. The van der Waals surface area contributed by atoms with E-state index < -0.39 is 0 Å². The number of nitrogen functional groups attached to an aromatic ring is 1. The van der Waals surface area contributed by atoms with Gasteiger partial charge in [0.1, 0.15) is 5.69 Å². The van der Waals surface area contributed by atoms with Gasteiger partial charge in [-0.15, -0.1) is 0 Å². The predicted molar refractivity (Wildman–Crippen MR) is 50.4 cm³/mol. The van der Waals surface area contributed by atoms with Crippen molar-refractivity contribution in [2.75, 3.05) is 26.9 Å². The highest BCUT2D eigenvalue weighted by atomic mass is 79.9. The number of benzene rings is 1. The Labute approximate surface area is 84.3 Å². The summed E-state index contributed by atoms with van der Waals surface area (Å²) in [5, 5.41) is 0. The van der Waals surface area contributed by atoms with Gasteiger partial charge in [0, 0.05) is 17.8 Å². The molecule has 0 saturated carbocycles. The molecule has 0 bridgehead atoms. The average molecular weight is 231 g/mol. The van der Waals surface area contributed by atoms with Crippen LogP contribution < -0.4 is 27.2 Å². The SMILES string of the molecule is C[N+](C)(C)c1ccc(N)cc1.[Br-]. The molecular weight excluding hydrogens is 216 g/mol. The van der Waals surface area contributed by atoms with E-state index in [0.717, 1.165) is 10.2 Å². The van der Waals surface area contributed by atoms with Crippen LogP contribution in [-0.2, 0) is 0 Å². The Morgan fingerprint density at radius 2 is 1.42 bits per heavy atom. The summed E-state index contributed by atoms with van der Waals surface area (Å²) in [4.78, 5) is 0. The summed E-state index contributed by atoms with van der Waals surface area (Å²) in [6.45, 7) is 0. The first kappa shape index (κ1) is 11.5. The van der Waals surface area contributed by atoms with Gasteiger partial charge in [-0.05, 0) is 12.1 Å². The van der Waals surface area contributed by atoms with Crippen molar-refractivity contribution >= 4 is 11.4 Å². The van der Waals surface area contributed by atoms with Gasteiger partial charge in [0.2, 0.25) is 0 Å². The van der Waals surface area contributed by atoms with Gasteiger partial charge in [-0.3, -0.25) is 4.48 Å². The molecule has 2 nitrogen and oxygen atoms in total. The standard InChI is InChI=1S/C9H15N2.BrH/c1-11(2,3)9-6-4-8(10)5-7-9;/h4-7H,10H2,1-3H3;1H/q+1;/p-1. The Hall–Kier alpha value is -0.540. The zero-order valence-corrected chi connectivity index (χ0v) is 9.30. The van der Waals surface area contributed by atoms with Crippen LogP contribution in [0.2, 0.25) is 0 Å². The number of hydrogen-bond donors (Lipinski definition) is 1. The fourth-order valence-electron chi connectivity index (χ4n) is 0.922. The normalized spacial score (nSPS) is 10.6. The van der Waals surface area contributed by atoms with Gasteiger partial charge < -0.3 is 22.7 Å². The van der Waals surface area contributed by atoms with Crippen LogP contribution >= 0.6 is 0 Å². The minimum absolute atomic E-state index is 0. The molecule has 0 unspecified atom stereocenters. The van der Waals surface area contributed by atoms with E-state index in [2.05, 4.69) is 33.3 Å². The van der Waals surface area contributed by atoms with Gasteiger partial charge in [-0.2, -0.15) is 0 Å². The number of nitrogens with two attached hydrogens (primary N) is 1. The van der Waals surface area contributed by atoms with Crippen molar-refractivity contribution in [3.63, 3.8) is 0 Å².